The summed E-state index contributed by atoms with van der Waals surface area (Å²) >= 11 is 0. The summed E-state index contributed by atoms with van der Waals surface area (Å²) in [6.45, 7) is 4.21. The van der Waals surface area contributed by atoms with Crippen LogP contribution in [0.15, 0.2) is 0 Å². The van der Waals surface area contributed by atoms with Crippen molar-refractivity contribution in [1.29, 1.82) is 0 Å². The highest BCUT2D eigenvalue weighted by Gasteiger charge is 2.22. The molecule has 0 saturated carbocycles. The molecule has 0 aromatic rings. The largest absolute Gasteiger partial charge is 0.368 e. The second-order valence-electron chi connectivity index (χ2n) is 5.15. The molecule has 1 rings (SSSR count). The molecule has 18 heavy (non-hydrogen) atoms. The molecule has 2 N–H and O–H groups in total. The highest BCUT2D eigenvalue weighted by molar-refractivity contribution is 7.91. The maximum Gasteiger partial charge on any atom is 0.151 e. The van der Waals surface area contributed by atoms with Crippen LogP contribution < -0.4 is 0 Å². The van der Waals surface area contributed by atoms with Gasteiger partial charge in [0.05, 0.1) is 5.75 Å². The summed E-state index contributed by atoms with van der Waals surface area (Å²) in [5, 5.41) is 17.8. The van der Waals surface area contributed by atoms with Crippen molar-refractivity contribution in [2.45, 2.75) is 38.9 Å². The zero-order chi connectivity index (χ0) is 13.6. The van der Waals surface area contributed by atoms with Gasteiger partial charge in [0.2, 0.25) is 0 Å². The monoisotopic (exact) mass is 279 g/mol. The lowest BCUT2D eigenvalue weighted by Crippen LogP contribution is -2.37. The van der Waals surface area contributed by atoms with E-state index >= 15 is 0 Å². The Hall–Kier alpha value is -0.170. The lowest BCUT2D eigenvalue weighted by atomic mass is 9.93. The Balaban J connectivity index is 2.24. The highest BCUT2D eigenvalue weighted by atomic mass is 32.2. The van der Waals surface area contributed by atoms with Gasteiger partial charge in [-0.3, -0.25) is 0 Å². The Labute approximate surface area is 110 Å². The van der Waals surface area contributed by atoms with Crippen molar-refractivity contribution >= 4 is 9.84 Å². The Bertz CT molecular complexity index is 321. The summed E-state index contributed by atoms with van der Waals surface area (Å²) in [6, 6.07) is 0. The molecule has 0 radical (unpaired) electrons. The molecule has 1 heterocycles. The van der Waals surface area contributed by atoms with E-state index in [1.807, 2.05) is 6.92 Å². The van der Waals surface area contributed by atoms with E-state index in [9.17, 15) is 8.42 Å². The topological polar surface area (TPSA) is 77.8 Å². The van der Waals surface area contributed by atoms with E-state index in [2.05, 4.69) is 4.90 Å². The Morgan fingerprint density at radius 3 is 2.33 bits per heavy atom. The smallest absolute Gasteiger partial charge is 0.151 e. The maximum absolute atomic E-state index is 11.6. The van der Waals surface area contributed by atoms with Gasteiger partial charge in [0.15, 0.2) is 16.1 Å². The molecular formula is C12H25NO4S. The van der Waals surface area contributed by atoms with E-state index in [0.717, 1.165) is 25.9 Å². The molecule has 1 aliphatic heterocycles. The molecule has 0 spiro atoms. The van der Waals surface area contributed by atoms with Crippen molar-refractivity contribution in [2.24, 2.45) is 5.92 Å². The summed E-state index contributed by atoms with van der Waals surface area (Å²) in [7, 11) is -2.89. The van der Waals surface area contributed by atoms with Crippen LogP contribution in [0.3, 0.4) is 0 Å². The second-order valence-corrected chi connectivity index (χ2v) is 7.46. The van der Waals surface area contributed by atoms with Crippen LogP contribution in [-0.2, 0) is 9.84 Å². The number of nitrogens with zero attached hydrogens (tertiary/aromatic N) is 1. The third kappa shape index (κ3) is 6.13. The third-order valence-corrected chi connectivity index (χ3v) is 5.32. The number of aliphatic hydroxyl groups is 2. The van der Waals surface area contributed by atoms with Crippen molar-refractivity contribution in [3.63, 3.8) is 0 Å². The van der Waals surface area contributed by atoms with Gasteiger partial charge < -0.3 is 15.1 Å². The first kappa shape index (κ1) is 15.9. The number of sulfone groups is 1. The van der Waals surface area contributed by atoms with Gasteiger partial charge in [-0.25, -0.2) is 8.42 Å². The molecule has 108 valence electrons. The first-order chi connectivity index (χ1) is 8.43. The van der Waals surface area contributed by atoms with E-state index < -0.39 is 16.1 Å². The minimum Gasteiger partial charge on any atom is -0.368 e. The van der Waals surface area contributed by atoms with Gasteiger partial charge in [0.25, 0.3) is 0 Å². The van der Waals surface area contributed by atoms with E-state index in [-0.39, 0.29) is 11.5 Å². The SMILES string of the molecule is CCCS(=O)(=O)CCN1CCC(CC(O)O)CC1. The molecule has 1 saturated heterocycles. The first-order valence-corrected chi connectivity index (χ1v) is 8.54. The van der Waals surface area contributed by atoms with Gasteiger partial charge in [-0.1, -0.05) is 6.92 Å². The minimum atomic E-state index is -2.89. The van der Waals surface area contributed by atoms with Gasteiger partial charge in [0.1, 0.15) is 0 Å². The number of piperidine rings is 1. The first-order valence-electron chi connectivity index (χ1n) is 6.72. The molecule has 0 aliphatic carbocycles. The summed E-state index contributed by atoms with van der Waals surface area (Å²) in [4.78, 5) is 2.16. The fourth-order valence-corrected chi connectivity index (χ4v) is 3.79. The van der Waals surface area contributed by atoms with Crippen LogP contribution in [0.25, 0.3) is 0 Å². The third-order valence-electron chi connectivity index (χ3n) is 3.48. The zero-order valence-corrected chi connectivity index (χ0v) is 11.9. The van der Waals surface area contributed by atoms with Gasteiger partial charge in [-0.15, -0.1) is 0 Å². The number of hydrogen-bond acceptors (Lipinski definition) is 5. The standard InChI is InChI=1S/C12H25NO4S/c1-2-8-18(16,17)9-7-13-5-3-11(4-6-13)10-12(14)15/h11-12,14-15H,2-10H2,1H3. The lowest BCUT2D eigenvalue weighted by molar-refractivity contribution is -0.0608. The zero-order valence-electron chi connectivity index (χ0n) is 11.1. The highest BCUT2D eigenvalue weighted by Crippen LogP contribution is 2.21. The predicted octanol–water partition coefficient (Wildman–Crippen LogP) is 0.224. The van der Waals surface area contributed by atoms with Crippen LogP contribution >= 0.6 is 0 Å². The van der Waals surface area contributed by atoms with Crippen LogP contribution in [-0.4, -0.2) is 61.0 Å². The van der Waals surface area contributed by atoms with Gasteiger partial charge >= 0.3 is 0 Å². The molecule has 1 aliphatic rings. The second kappa shape index (κ2) is 7.43. The summed E-state index contributed by atoms with van der Waals surface area (Å²) in [5.74, 6) is 0.877. The number of likely N-dealkylation sites (tertiary alicyclic amines) is 1. The quantitative estimate of drug-likeness (QED) is 0.652. The fraction of sp³-hybridized carbons (Fsp3) is 1.00. The molecule has 0 aromatic carbocycles. The summed E-state index contributed by atoms with van der Waals surface area (Å²) < 4.78 is 23.2. The molecule has 0 atom stereocenters. The van der Waals surface area contributed by atoms with Gasteiger partial charge in [-0.05, 0) is 38.3 Å². The predicted molar refractivity (Wildman–Crippen MR) is 71.0 cm³/mol. The minimum absolute atomic E-state index is 0.244. The average molecular weight is 279 g/mol. The molecule has 0 unspecified atom stereocenters. The van der Waals surface area contributed by atoms with Crippen LogP contribution in [0.4, 0.5) is 0 Å². The Morgan fingerprint density at radius 1 is 1.22 bits per heavy atom. The van der Waals surface area contributed by atoms with Crippen molar-refractivity contribution in [2.75, 3.05) is 31.1 Å². The van der Waals surface area contributed by atoms with Gasteiger partial charge in [-0.2, -0.15) is 0 Å². The van der Waals surface area contributed by atoms with Crippen molar-refractivity contribution < 1.29 is 18.6 Å². The normalized spacial score (nSPS) is 19.6. The molecule has 5 nitrogen and oxygen atoms in total. The van der Waals surface area contributed by atoms with Crippen LogP contribution in [0.1, 0.15) is 32.6 Å². The lowest BCUT2D eigenvalue weighted by Gasteiger charge is -2.32. The van der Waals surface area contributed by atoms with E-state index in [1.165, 1.54) is 0 Å². The van der Waals surface area contributed by atoms with Crippen LogP contribution in [0.2, 0.25) is 0 Å². The number of hydrogen-bond donors (Lipinski definition) is 2. The number of rotatable bonds is 7. The van der Waals surface area contributed by atoms with Gasteiger partial charge in [0, 0.05) is 18.7 Å². The van der Waals surface area contributed by atoms with Crippen LogP contribution in [0.5, 0.6) is 0 Å². The van der Waals surface area contributed by atoms with Crippen molar-refractivity contribution in [3.05, 3.63) is 0 Å². The molecule has 1 fully saturated rings. The maximum atomic E-state index is 11.6. The number of aliphatic hydroxyl groups excluding tert-OH is 1. The van der Waals surface area contributed by atoms with E-state index in [4.69, 9.17) is 10.2 Å². The molecule has 0 amide bonds. The fourth-order valence-electron chi connectivity index (χ4n) is 2.43. The van der Waals surface area contributed by atoms with E-state index in [1.54, 1.807) is 0 Å². The molecule has 6 heteroatoms. The van der Waals surface area contributed by atoms with Crippen LogP contribution in [0, 0.1) is 5.92 Å². The van der Waals surface area contributed by atoms with Crippen molar-refractivity contribution in [1.82, 2.24) is 4.90 Å². The Kier molecular flexibility index (Phi) is 6.55. The summed E-state index contributed by atoms with van der Waals surface area (Å²) in [6.07, 6.45) is 1.74. The molecule has 0 aromatic heterocycles. The van der Waals surface area contributed by atoms with E-state index in [0.29, 0.717) is 25.3 Å². The average Bonchev–Trinajstić information content (AvgIpc) is 2.27. The molecular weight excluding hydrogens is 254 g/mol. The summed E-state index contributed by atoms with van der Waals surface area (Å²) in [5.41, 5.74) is 0. The Morgan fingerprint density at radius 2 is 1.83 bits per heavy atom. The van der Waals surface area contributed by atoms with Crippen molar-refractivity contribution in [3.8, 4) is 0 Å². The molecule has 0 bridgehead atoms.